The molecular formula is C25H21ClN6O3. The molecule has 176 valence electrons. The summed E-state index contributed by atoms with van der Waals surface area (Å²) in [5.74, 6) is 1.60. The lowest BCUT2D eigenvalue weighted by Gasteiger charge is -2.42. The molecule has 1 saturated heterocycles. The monoisotopic (exact) mass is 488 g/mol. The van der Waals surface area contributed by atoms with Crippen LogP contribution < -0.4 is 4.74 Å². The van der Waals surface area contributed by atoms with Gasteiger partial charge in [-0.2, -0.15) is 5.10 Å². The fraction of sp³-hybridized carbons (Fsp3) is 0.280. The van der Waals surface area contributed by atoms with E-state index in [1.807, 2.05) is 42.1 Å². The Balaban J connectivity index is 1.16. The minimum Gasteiger partial charge on any atom is -0.456 e. The number of ether oxygens (including phenoxy) is 3. The highest BCUT2D eigenvalue weighted by Crippen LogP contribution is 2.47. The van der Waals surface area contributed by atoms with Crippen LogP contribution in [0.4, 0.5) is 0 Å². The van der Waals surface area contributed by atoms with E-state index in [-0.39, 0.29) is 6.04 Å². The topological polar surface area (TPSA) is 100.0 Å². The molecule has 1 aliphatic heterocycles. The van der Waals surface area contributed by atoms with Crippen molar-refractivity contribution >= 4 is 33.7 Å². The third-order valence-electron chi connectivity index (χ3n) is 6.60. The van der Waals surface area contributed by atoms with Crippen LogP contribution in [0.2, 0.25) is 5.02 Å². The van der Waals surface area contributed by atoms with Crippen molar-refractivity contribution in [2.75, 3.05) is 13.2 Å². The maximum atomic E-state index is 6.73. The van der Waals surface area contributed by atoms with Gasteiger partial charge in [0.25, 0.3) is 0 Å². The standard InChI is InChI=1S/C25H21ClN6O3/c1-14-29-18-3-2-17(8-20(18)30-14)35-22-5-4-19-24(23(22)26)31-21(12-27-19)15-11-28-32(13-15)16-9-25(10-16)33-6-7-34-25/h2-5,8,11-13,16H,6-7,9-10H2,1H3,(H,29,30). The van der Waals surface area contributed by atoms with E-state index in [1.54, 1.807) is 18.5 Å². The number of aromatic nitrogens is 6. The molecule has 9 nitrogen and oxygen atoms in total. The van der Waals surface area contributed by atoms with Gasteiger partial charge in [0.05, 0.1) is 53.9 Å². The molecule has 0 unspecified atom stereocenters. The number of benzene rings is 2. The van der Waals surface area contributed by atoms with E-state index in [1.165, 1.54) is 0 Å². The van der Waals surface area contributed by atoms with Crippen LogP contribution in [0.15, 0.2) is 48.9 Å². The summed E-state index contributed by atoms with van der Waals surface area (Å²) in [7, 11) is 0. The summed E-state index contributed by atoms with van der Waals surface area (Å²) in [5.41, 5.74) is 4.61. The lowest BCUT2D eigenvalue weighted by molar-refractivity contribution is -0.227. The summed E-state index contributed by atoms with van der Waals surface area (Å²) in [4.78, 5) is 17.0. The first-order valence-corrected chi connectivity index (χ1v) is 11.8. The predicted molar refractivity (Wildman–Crippen MR) is 130 cm³/mol. The van der Waals surface area contributed by atoms with Crippen molar-refractivity contribution in [1.29, 1.82) is 0 Å². The van der Waals surface area contributed by atoms with E-state index in [0.29, 0.717) is 46.5 Å². The van der Waals surface area contributed by atoms with Crippen LogP contribution in [0, 0.1) is 6.92 Å². The van der Waals surface area contributed by atoms with Crippen LogP contribution >= 0.6 is 11.6 Å². The van der Waals surface area contributed by atoms with Gasteiger partial charge in [0.15, 0.2) is 5.79 Å². The first-order valence-electron chi connectivity index (χ1n) is 11.5. The number of hydrogen-bond donors (Lipinski definition) is 1. The number of nitrogens with zero attached hydrogens (tertiary/aromatic N) is 5. The Morgan fingerprint density at radius 1 is 1.09 bits per heavy atom. The molecule has 5 aromatic rings. The second-order valence-electron chi connectivity index (χ2n) is 8.98. The van der Waals surface area contributed by atoms with Crippen molar-refractivity contribution in [2.45, 2.75) is 31.6 Å². The molecule has 0 amide bonds. The van der Waals surface area contributed by atoms with Crippen molar-refractivity contribution in [2.24, 2.45) is 0 Å². The molecule has 2 aromatic carbocycles. The quantitative estimate of drug-likeness (QED) is 0.371. The summed E-state index contributed by atoms with van der Waals surface area (Å²) in [6.07, 6.45) is 7.12. The molecule has 4 heterocycles. The average molecular weight is 489 g/mol. The number of imidazole rings is 1. The SMILES string of the molecule is Cc1nc2ccc(Oc3ccc4ncc(-c5cnn(C6CC7(C6)OCCO7)c5)nc4c3Cl)cc2[nH]1. The smallest absolute Gasteiger partial charge is 0.172 e. The van der Waals surface area contributed by atoms with Crippen molar-refractivity contribution in [3.05, 3.63) is 59.8 Å². The third-order valence-corrected chi connectivity index (χ3v) is 6.96. The van der Waals surface area contributed by atoms with Crippen LogP contribution in [-0.2, 0) is 9.47 Å². The van der Waals surface area contributed by atoms with Crippen LogP contribution in [0.3, 0.4) is 0 Å². The average Bonchev–Trinajstić information content (AvgIpc) is 3.58. The highest BCUT2D eigenvalue weighted by atomic mass is 35.5. The summed E-state index contributed by atoms with van der Waals surface area (Å²) in [5, 5.41) is 4.95. The maximum absolute atomic E-state index is 6.73. The molecule has 0 atom stereocenters. The normalized spacial score (nSPS) is 17.4. The number of aryl methyl sites for hydroxylation is 1. The van der Waals surface area contributed by atoms with Crippen molar-refractivity contribution < 1.29 is 14.2 Å². The second kappa shape index (κ2) is 7.74. The molecule has 0 radical (unpaired) electrons. The molecule has 10 heteroatoms. The number of fused-ring (bicyclic) bond motifs is 2. The van der Waals surface area contributed by atoms with Crippen LogP contribution in [-0.4, -0.2) is 48.7 Å². The molecule has 2 aliphatic rings. The second-order valence-corrected chi connectivity index (χ2v) is 9.36. The maximum Gasteiger partial charge on any atom is 0.172 e. The molecule has 35 heavy (non-hydrogen) atoms. The largest absolute Gasteiger partial charge is 0.456 e. The Morgan fingerprint density at radius 3 is 2.77 bits per heavy atom. The number of H-pyrrole nitrogens is 1. The van der Waals surface area contributed by atoms with Gasteiger partial charge in [-0.05, 0) is 31.2 Å². The molecule has 1 aliphatic carbocycles. The fourth-order valence-corrected chi connectivity index (χ4v) is 5.04. The van der Waals surface area contributed by atoms with Gasteiger partial charge in [-0.1, -0.05) is 11.6 Å². The lowest BCUT2D eigenvalue weighted by atomic mass is 9.85. The van der Waals surface area contributed by atoms with Gasteiger partial charge in [0, 0.05) is 30.7 Å². The van der Waals surface area contributed by atoms with E-state index in [4.69, 9.17) is 30.8 Å². The highest BCUT2D eigenvalue weighted by Gasteiger charge is 2.50. The van der Waals surface area contributed by atoms with Gasteiger partial charge >= 0.3 is 0 Å². The van der Waals surface area contributed by atoms with Crippen LogP contribution in [0.5, 0.6) is 11.5 Å². The highest BCUT2D eigenvalue weighted by molar-refractivity contribution is 6.36. The van der Waals surface area contributed by atoms with Gasteiger partial charge in [-0.15, -0.1) is 0 Å². The minimum absolute atomic E-state index is 0.245. The van der Waals surface area contributed by atoms with Gasteiger partial charge in [0.1, 0.15) is 27.9 Å². The van der Waals surface area contributed by atoms with Crippen molar-refractivity contribution in [1.82, 2.24) is 29.7 Å². The molecule has 0 bridgehead atoms. The van der Waals surface area contributed by atoms with Gasteiger partial charge in [-0.25, -0.2) is 9.97 Å². The van der Waals surface area contributed by atoms with Crippen molar-refractivity contribution in [3.63, 3.8) is 0 Å². The van der Waals surface area contributed by atoms with Gasteiger partial charge < -0.3 is 19.2 Å². The molecule has 1 N–H and O–H groups in total. The fourth-order valence-electron chi connectivity index (χ4n) is 4.80. The zero-order valence-corrected chi connectivity index (χ0v) is 19.6. The van der Waals surface area contributed by atoms with Gasteiger partial charge in [0.2, 0.25) is 0 Å². The Bertz CT molecular complexity index is 1580. The van der Waals surface area contributed by atoms with E-state index < -0.39 is 5.79 Å². The van der Waals surface area contributed by atoms with E-state index >= 15 is 0 Å². The molecular weight excluding hydrogens is 468 g/mol. The van der Waals surface area contributed by atoms with E-state index in [0.717, 1.165) is 35.3 Å². The predicted octanol–water partition coefficient (Wildman–Crippen LogP) is 5.20. The summed E-state index contributed by atoms with van der Waals surface area (Å²) >= 11 is 6.73. The number of rotatable bonds is 4. The van der Waals surface area contributed by atoms with E-state index in [2.05, 4.69) is 20.1 Å². The van der Waals surface area contributed by atoms with Gasteiger partial charge in [-0.3, -0.25) is 9.67 Å². The first-order chi connectivity index (χ1) is 17.1. The minimum atomic E-state index is -0.412. The molecule has 3 aromatic heterocycles. The van der Waals surface area contributed by atoms with Crippen LogP contribution in [0.25, 0.3) is 33.3 Å². The number of halogens is 1. The summed E-state index contributed by atoms with van der Waals surface area (Å²) in [6.45, 7) is 3.24. The van der Waals surface area contributed by atoms with Crippen LogP contribution in [0.1, 0.15) is 24.7 Å². The van der Waals surface area contributed by atoms with E-state index in [9.17, 15) is 0 Å². The Morgan fingerprint density at radius 2 is 1.91 bits per heavy atom. The third kappa shape index (κ3) is 3.54. The zero-order valence-electron chi connectivity index (χ0n) is 18.9. The number of nitrogens with one attached hydrogen (secondary N) is 1. The molecule has 1 spiro atoms. The van der Waals surface area contributed by atoms with Crippen molar-refractivity contribution in [3.8, 4) is 22.8 Å². The molecule has 1 saturated carbocycles. The Labute approximate surface area is 205 Å². The summed E-state index contributed by atoms with van der Waals surface area (Å²) < 4.78 is 19.5. The molecule has 2 fully saturated rings. The number of hydrogen-bond acceptors (Lipinski definition) is 7. The Hall–Kier alpha value is -3.53. The lowest BCUT2D eigenvalue weighted by Crippen LogP contribution is -2.45. The summed E-state index contributed by atoms with van der Waals surface area (Å²) in [6, 6.07) is 9.58. The number of aromatic amines is 1. The zero-order chi connectivity index (χ0) is 23.6. The first kappa shape index (κ1) is 20.8. The Kier molecular flexibility index (Phi) is 4.60. The molecule has 7 rings (SSSR count).